The molecule has 0 radical (unpaired) electrons. The molecule has 1 saturated heterocycles. The summed E-state index contributed by atoms with van der Waals surface area (Å²) >= 11 is 0. The summed E-state index contributed by atoms with van der Waals surface area (Å²) in [5.41, 5.74) is 2.48. The summed E-state index contributed by atoms with van der Waals surface area (Å²) in [6, 6.07) is 11.2. The highest BCUT2D eigenvalue weighted by Crippen LogP contribution is 2.17. The van der Waals surface area contributed by atoms with Gasteiger partial charge in [0.25, 0.3) is 0 Å². The summed E-state index contributed by atoms with van der Waals surface area (Å²) in [5.74, 6) is 0. The van der Waals surface area contributed by atoms with E-state index in [2.05, 4.69) is 54.2 Å². The molecule has 1 aromatic carbocycles. The predicted molar refractivity (Wildman–Crippen MR) is 78.6 cm³/mol. The van der Waals surface area contributed by atoms with Crippen LogP contribution in [0.3, 0.4) is 0 Å². The van der Waals surface area contributed by atoms with E-state index >= 15 is 0 Å². The summed E-state index contributed by atoms with van der Waals surface area (Å²) in [6.07, 6.45) is 3.83. The van der Waals surface area contributed by atoms with E-state index in [9.17, 15) is 0 Å². The Morgan fingerprint density at radius 2 is 2.06 bits per heavy atom. The van der Waals surface area contributed by atoms with Crippen LogP contribution in [0.25, 0.3) is 5.57 Å². The Morgan fingerprint density at radius 3 is 2.83 bits per heavy atom. The predicted octanol–water partition coefficient (Wildman–Crippen LogP) is 2.77. The fourth-order valence-corrected chi connectivity index (χ4v) is 2.64. The fraction of sp³-hybridized carbons (Fsp3) is 0.500. The van der Waals surface area contributed by atoms with Crippen molar-refractivity contribution in [3.8, 4) is 0 Å². The number of hydrogen-bond acceptors (Lipinski definition) is 2. The van der Waals surface area contributed by atoms with Crippen molar-refractivity contribution in [1.82, 2.24) is 10.2 Å². The van der Waals surface area contributed by atoms with Gasteiger partial charge in [-0.1, -0.05) is 36.9 Å². The first-order valence-corrected chi connectivity index (χ1v) is 6.91. The second kappa shape index (κ2) is 6.72. The molecule has 1 fully saturated rings. The van der Waals surface area contributed by atoms with Crippen LogP contribution in [0.1, 0.15) is 24.8 Å². The molecule has 98 valence electrons. The quantitative estimate of drug-likeness (QED) is 0.876. The van der Waals surface area contributed by atoms with E-state index in [4.69, 9.17) is 0 Å². The molecule has 2 heteroatoms. The van der Waals surface area contributed by atoms with Gasteiger partial charge in [-0.05, 0) is 50.5 Å². The van der Waals surface area contributed by atoms with Crippen molar-refractivity contribution in [2.45, 2.75) is 25.3 Å². The maximum absolute atomic E-state index is 4.23. The first-order valence-electron chi connectivity index (χ1n) is 6.91. The number of nitrogens with one attached hydrogen (secondary N) is 1. The van der Waals surface area contributed by atoms with Crippen molar-refractivity contribution >= 4 is 5.57 Å². The van der Waals surface area contributed by atoms with Crippen LogP contribution in [0.5, 0.6) is 0 Å². The largest absolute Gasteiger partial charge is 0.317 e. The topological polar surface area (TPSA) is 15.3 Å². The summed E-state index contributed by atoms with van der Waals surface area (Å²) in [7, 11) is 2.23. The number of hydrogen-bond donors (Lipinski definition) is 1. The molecule has 0 saturated carbocycles. The molecule has 18 heavy (non-hydrogen) atoms. The summed E-state index contributed by atoms with van der Waals surface area (Å²) < 4.78 is 0. The lowest BCUT2D eigenvalue weighted by Gasteiger charge is -2.27. The zero-order valence-corrected chi connectivity index (χ0v) is 11.4. The van der Waals surface area contributed by atoms with E-state index in [0.29, 0.717) is 6.04 Å². The zero-order chi connectivity index (χ0) is 12.8. The third kappa shape index (κ3) is 3.69. The van der Waals surface area contributed by atoms with Gasteiger partial charge in [0.2, 0.25) is 0 Å². The summed E-state index contributed by atoms with van der Waals surface area (Å²) in [5, 5.41) is 3.47. The van der Waals surface area contributed by atoms with Crippen molar-refractivity contribution in [1.29, 1.82) is 0 Å². The number of likely N-dealkylation sites (N-methyl/N-ethyl adjacent to an activating group) is 1. The third-order valence-corrected chi connectivity index (χ3v) is 3.79. The fourth-order valence-electron chi connectivity index (χ4n) is 2.64. The van der Waals surface area contributed by atoms with E-state index in [1.54, 1.807) is 0 Å². The van der Waals surface area contributed by atoms with Gasteiger partial charge in [0.15, 0.2) is 0 Å². The van der Waals surface area contributed by atoms with Crippen LogP contribution >= 0.6 is 0 Å². The first kappa shape index (κ1) is 13.3. The van der Waals surface area contributed by atoms with Crippen molar-refractivity contribution in [2.24, 2.45) is 0 Å². The van der Waals surface area contributed by atoms with Crippen molar-refractivity contribution in [3.63, 3.8) is 0 Å². The molecule has 1 aliphatic rings. The Labute approximate surface area is 111 Å². The van der Waals surface area contributed by atoms with Crippen LogP contribution < -0.4 is 5.32 Å². The lowest BCUT2D eigenvalue weighted by atomic mass is 10.0. The van der Waals surface area contributed by atoms with Crippen molar-refractivity contribution in [3.05, 3.63) is 42.5 Å². The molecule has 1 aliphatic heterocycles. The van der Waals surface area contributed by atoms with E-state index in [0.717, 1.165) is 13.1 Å². The van der Waals surface area contributed by atoms with Crippen LogP contribution in [0.4, 0.5) is 0 Å². The Kier molecular flexibility index (Phi) is 4.97. The monoisotopic (exact) mass is 244 g/mol. The minimum absolute atomic E-state index is 0.695. The standard InChI is InChI=1S/C16H24N2/c1-14(15-7-4-3-5-8-15)13-18(2)16-9-6-11-17-12-10-16/h3-5,7-8,16-17H,1,6,9-13H2,2H3. The second-order valence-corrected chi connectivity index (χ2v) is 5.22. The highest BCUT2D eigenvalue weighted by Gasteiger charge is 2.17. The minimum atomic E-state index is 0.695. The molecular weight excluding hydrogens is 220 g/mol. The molecule has 0 aromatic heterocycles. The number of nitrogens with zero attached hydrogens (tertiary/aromatic N) is 1. The number of benzene rings is 1. The Bertz CT molecular complexity index is 364. The molecule has 1 N–H and O–H groups in total. The average Bonchev–Trinajstić information content (AvgIpc) is 2.68. The average molecular weight is 244 g/mol. The van der Waals surface area contributed by atoms with E-state index in [-0.39, 0.29) is 0 Å². The molecule has 0 spiro atoms. The zero-order valence-electron chi connectivity index (χ0n) is 11.4. The Morgan fingerprint density at radius 1 is 1.28 bits per heavy atom. The maximum atomic E-state index is 4.23. The Hall–Kier alpha value is -1.12. The molecule has 1 aromatic rings. The summed E-state index contributed by atoms with van der Waals surface area (Å²) in [6.45, 7) is 7.51. The van der Waals surface area contributed by atoms with Gasteiger partial charge in [0, 0.05) is 12.6 Å². The maximum Gasteiger partial charge on any atom is 0.0233 e. The van der Waals surface area contributed by atoms with Gasteiger partial charge in [-0.3, -0.25) is 4.90 Å². The van der Waals surface area contributed by atoms with E-state index in [1.165, 1.54) is 36.9 Å². The van der Waals surface area contributed by atoms with Crippen LogP contribution in [-0.2, 0) is 0 Å². The molecule has 0 aliphatic carbocycles. The van der Waals surface area contributed by atoms with E-state index in [1.807, 2.05) is 0 Å². The normalized spacial score (nSPS) is 20.7. The molecule has 2 nitrogen and oxygen atoms in total. The van der Waals surface area contributed by atoms with Crippen LogP contribution in [0.15, 0.2) is 36.9 Å². The molecule has 0 bridgehead atoms. The lowest BCUT2D eigenvalue weighted by Crippen LogP contribution is -2.33. The van der Waals surface area contributed by atoms with Gasteiger partial charge < -0.3 is 5.32 Å². The smallest absolute Gasteiger partial charge is 0.0233 e. The summed E-state index contributed by atoms with van der Waals surface area (Å²) in [4.78, 5) is 2.46. The van der Waals surface area contributed by atoms with E-state index < -0.39 is 0 Å². The lowest BCUT2D eigenvalue weighted by molar-refractivity contribution is 0.250. The molecular formula is C16H24N2. The molecule has 1 heterocycles. The van der Waals surface area contributed by atoms with Crippen molar-refractivity contribution < 1.29 is 0 Å². The van der Waals surface area contributed by atoms with Gasteiger partial charge in [-0.25, -0.2) is 0 Å². The van der Waals surface area contributed by atoms with Gasteiger partial charge in [0.1, 0.15) is 0 Å². The molecule has 1 unspecified atom stereocenters. The Balaban J connectivity index is 1.90. The van der Waals surface area contributed by atoms with Gasteiger partial charge in [0.05, 0.1) is 0 Å². The molecule has 1 atom stereocenters. The van der Waals surface area contributed by atoms with Crippen LogP contribution in [-0.4, -0.2) is 37.6 Å². The van der Waals surface area contributed by atoms with Gasteiger partial charge in [-0.15, -0.1) is 0 Å². The van der Waals surface area contributed by atoms with Crippen molar-refractivity contribution in [2.75, 3.05) is 26.7 Å². The minimum Gasteiger partial charge on any atom is -0.317 e. The van der Waals surface area contributed by atoms with Crippen LogP contribution in [0, 0.1) is 0 Å². The molecule has 0 amide bonds. The SMILES string of the molecule is C=C(CN(C)C1CCCNCC1)c1ccccc1. The second-order valence-electron chi connectivity index (χ2n) is 5.22. The molecule has 2 rings (SSSR count). The highest BCUT2D eigenvalue weighted by atomic mass is 15.1. The number of rotatable bonds is 4. The third-order valence-electron chi connectivity index (χ3n) is 3.79. The van der Waals surface area contributed by atoms with Gasteiger partial charge in [-0.2, -0.15) is 0 Å². The highest BCUT2D eigenvalue weighted by molar-refractivity contribution is 5.64. The van der Waals surface area contributed by atoms with Crippen LogP contribution in [0.2, 0.25) is 0 Å². The first-order chi connectivity index (χ1) is 8.77. The van der Waals surface area contributed by atoms with Gasteiger partial charge >= 0.3 is 0 Å².